The molecule has 0 bridgehead atoms. The summed E-state index contributed by atoms with van der Waals surface area (Å²) in [6.07, 6.45) is 7.73. The largest absolute Gasteiger partial charge is 0.345 e. The van der Waals surface area contributed by atoms with Gasteiger partial charge < -0.3 is 9.80 Å². The molecule has 0 N–H and O–H groups in total. The molecule has 0 radical (unpaired) electrons. The molecule has 0 saturated carbocycles. The molecule has 5 nitrogen and oxygen atoms in total. The van der Waals surface area contributed by atoms with Crippen LogP contribution >= 0.6 is 0 Å². The highest BCUT2D eigenvalue weighted by Gasteiger charge is 2.25. The summed E-state index contributed by atoms with van der Waals surface area (Å²) < 4.78 is 0. The number of rotatable bonds is 8. The molecule has 1 atom stereocenters. The van der Waals surface area contributed by atoms with Gasteiger partial charge in [-0.25, -0.2) is 0 Å². The maximum absolute atomic E-state index is 12.8. The van der Waals surface area contributed by atoms with E-state index in [-0.39, 0.29) is 11.8 Å². The van der Waals surface area contributed by atoms with Gasteiger partial charge in [0.1, 0.15) is 0 Å². The number of carbonyl (C=O) groups is 2. The zero-order valence-electron chi connectivity index (χ0n) is 17.8. The minimum absolute atomic E-state index is 0.0779. The lowest BCUT2D eigenvalue weighted by Crippen LogP contribution is -2.40. The van der Waals surface area contributed by atoms with Crippen LogP contribution in [0.1, 0.15) is 47.3 Å². The van der Waals surface area contributed by atoms with Gasteiger partial charge >= 0.3 is 0 Å². The van der Waals surface area contributed by atoms with Gasteiger partial charge in [0.15, 0.2) is 0 Å². The number of aromatic nitrogens is 1. The van der Waals surface area contributed by atoms with Gasteiger partial charge in [0.2, 0.25) is 5.91 Å². The van der Waals surface area contributed by atoms with Gasteiger partial charge in [-0.05, 0) is 55.0 Å². The van der Waals surface area contributed by atoms with E-state index in [0.717, 1.165) is 50.0 Å². The van der Waals surface area contributed by atoms with Gasteiger partial charge in [0, 0.05) is 57.0 Å². The van der Waals surface area contributed by atoms with Crippen LogP contribution in [0.15, 0.2) is 55.2 Å². The molecular weight excluding hydrogens is 374 g/mol. The van der Waals surface area contributed by atoms with Crippen LogP contribution in [0.4, 0.5) is 0 Å². The molecule has 0 spiro atoms. The van der Waals surface area contributed by atoms with Gasteiger partial charge in [0.25, 0.3) is 5.91 Å². The molecular formula is C25H31N3O2. The summed E-state index contributed by atoms with van der Waals surface area (Å²) in [5, 5.41) is 0. The minimum Gasteiger partial charge on any atom is -0.345 e. The molecule has 0 unspecified atom stereocenters. The van der Waals surface area contributed by atoms with Gasteiger partial charge in [-0.1, -0.05) is 30.9 Å². The Bertz CT molecular complexity index is 848. The number of likely N-dealkylation sites (N-methyl/N-ethyl adjacent to an activating group) is 1. The SMILES string of the molecule is C=Cc1ccc(C(=O)N2CCC[C@H](CCC(=O)N(C)CCc3ccccn3)C2)cc1. The number of likely N-dealkylation sites (tertiary alicyclic amines) is 1. The second-order valence-corrected chi connectivity index (χ2v) is 8.01. The molecule has 30 heavy (non-hydrogen) atoms. The average molecular weight is 406 g/mol. The number of hydrogen-bond acceptors (Lipinski definition) is 3. The smallest absolute Gasteiger partial charge is 0.253 e. The predicted molar refractivity (Wildman–Crippen MR) is 120 cm³/mol. The van der Waals surface area contributed by atoms with Crippen LogP contribution in [0, 0.1) is 5.92 Å². The fourth-order valence-electron chi connectivity index (χ4n) is 3.90. The first-order valence-electron chi connectivity index (χ1n) is 10.7. The Morgan fingerprint density at radius 2 is 2.03 bits per heavy atom. The Labute approximate surface area is 179 Å². The van der Waals surface area contributed by atoms with Crippen molar-refractivity contribution in [3.8, 4) is 0 Å². The molecule has 2 amide bonds. The summed E-state index contributed by atoms with van der Waals surface area (Å²) in [6, 6.07) is 13.4. The van der Waals surface area contributed by atoms with Crippen molar-refractivity contribution in [2.75, 3.05) is 26.7 Å². The predicted octanol–water partition coefficient (Wildman–Crippen LogP) is 4.06. The lowest BCUT2D eigenvalue weighted by molar-refractivity contribution is -0.130. The van der Waals surface area contributed by atoms with E-state index in [2.05, 4.69) is 11.6 Å². The summed E-state index contributed by atoms with van der Waals surface area (Å²) in [6.45, 7) is 5.94. The number of nitrogens with zero attached hydrogens (tertiary/aromatic N) is 3. The van der Waals surface area contributed by atoms with Crippen LogP contribution in [-0.4, -0.2) is 53.3 Å². The molecule has 2 heterocycles. The number of pyridine rings is 1. The molecule has 1 saturated heterocycles. The zero-order valence-corrected chi connectivity index (χ0v) is 17.8. The molecule has 0 aliphatic carbocycles. The average Bonchev–Trinajstić information content (AvgIpc) is 2.81. The van der Waals surface area contributed by atoms with Gasteiger partial charge in [-0.2, -0.15) is 0 Å². The lowest BCUT2D eigenvalue weighted by Gasteiger charge is -2.33. The Morgan fingerprint density at radius 3 is 2.73 bits per heavy atom. The fraction of sp³-hybridized carbons (Fsp3) is 0.400. The summed E-state index contributed by atoms with van der Waals surface area (Å²) in [5.41, 5.74) is 2.72. The highest BCUT2D eigenvalue weighted by Crippen LogP contribution is 2.23. The maximum atomic E-state index is 12.8. The van der Waals surface area contributed by atoms with Crippen molar-refractivity contribution in [1.82, 2.24) is 14.8 Å². The van der Waals surface area contributed by atoms with Crippen molar-refractivity contribution < 1.29 is 9.59 Å². The second kappa shape index (κ2) is 10.7. The molecule has 5 heteroatoms. The summed E-state index contributed by atoms with van der Waals surface area (Å²) in [7, 11) is 1.86. The van der Waals surface area contributed by atoms with Crippen LogP contribution in [0.25, 0.3) is 6.08 Å². The highest BCUT2D eigenvalue weighted by molar-refractivity contribution is 5.94. The van der Waals surface area contributed by atoms with Crippen molar-refractivity contribution in [1.29, 1.82) is 0 Å². The first-order chi connectivity index (χ1) is 14.6. The number of carbonyl (C=O) groups excluding carboxylic acids is 2. The van der Waals surface area contributed by atoms with Crippen molar-refractivity contribution in [2.24, 2.45) is 5.92 Å². The van der Waals surface area contributed by atoms with E-state index in [1.807, 2.05) is 54.4 Å². The van der Waals surface area contributed by atoms with Gasteiger partial charge in [-0.15, -0.1) is 0 Å². The third-order valence-corrected chi connectivity index (χ3v) is 5.82. The standard InChI is InChI=1S/C25H31N3O2/c1-3-20-9-12-22(13-10-20)25(30)28-17-6-7-21(19-28)11-14-24(29)27(2)18-15-23-8-4-5-16-26-23/h3-5,8-10,12-13,16,21H,1,6-7,11,14-15,17-19H2,2H3/t21-/m1/s1. The summed E-state index contributed by atoms with van der Waals surface area (Å²) >= 11 is 0. The van der Waals surface area contributed by atoms with E-state index in [0.29, 0.717) is 24.4 Å². The van der Waals surface area contributed by atoms with E-state index >= 15 is 0 Å². The second-order valence-electron chi connectivity index (χ2n) is 8.01. The van der Waals surface area contributed by atoms with Crippen molar-refractivity contribution in [3.63, 3.8) is 0 Å². The first kappa shape index (κ1) is 21.8. The monoisotopic (exact) mass is 405 g/mol. The third kappa shape index (κ3) is 6.02. The molecule has 2 aromatic rings. The maximum Gasteiger partial charge on any atom is 0.253 e. The Balaban J connectivity index is 1.45. The molecule has 1 aromatic carbocycles. The lowest BCUT2D eigenvalue weighted by atomic mass is 9.92. The van der Waals surface area contributed by atoms with Crippen molar-refractivity contribution in [3.05, 3.63) is 72.1 Å². The molecule has 1 aliphatic heterocycles. The Kier molecular flexibility index (Phi) is 7.77. The topological polar surface area (TPSA) is 53.5 Å². The highest BCUT2D eigenvalue weighted by atomic mass is 16.2. The summed E-state index contributed by atoms with van der Waals surface area (Å²) in [5.74, 6) is 0.617. The fourth-order valence-corrected chi connectivity index (χ4v) is 3.90. The van der Waals surface area contributed by atoms with Crippen LogP contribution in [0.2, 0.25) is 0 Å². The van der Waals surface area contributed by atoms with E-state index in [1.165, 1.54) is 0 Å². The van der Waals surface area contributed by atoms with E-state index in [1.54, 1.807) is 17.2 Å². The molecule has 1 aromatic heterocycles. The minimum atomic E-state index is 0.0779. The molecule has 158 valence electrons. The molecule has 1 fully saturated rings. The van der Waals surface area contributed by atoms with Crippen LogP contribution < -0.4 is 0 Å². The van der Waals surface area contributed by atoms with Gasteiger partial charge in [-0.3, -0.25) is 14.6 Å². The number of piperidine rings is 1. The van der Waals surface area contributed by atoms with Crippen LogP contribution in [-0.2, 0) is 11.2 Å². The van der Waals surface area contributed by atoms with Gasteiger partial charge in [0.05, 0.1) is 0 Å². The summed E-state index contributed by atoms with van der Waals surface area (Å²) in [4.78, 5) is 33.4. The number of amides is 2. The first-order valence-corrected chi connectivity index (χ1v) is 10.7. The quantitative estimate of drug-likeness (QED) is 0.666. The molecule has 1 aliphatic rings. The van der Waals surface area contributed by atoms with Crippen molar-refractivity contribution >= 4 is 17.9 Å². The van der Waals surface area contributed by atoms with E-state index in [9.17, 15) is 9.59 Å². The van der Waals surface area contributed by atoms with E-state index in [4.69, 9.17) is 0 Å². The zero-order chi connectivity index (χ0) is 21.3. The number of hydrogen-bond donors (Lipinski definition) is 0. The van der Waals surface area contributed by atoms with Crippen LogP contribution in [0.5, 0.6) is 0 Å². The third-order valence-electron chi connectivity index (χ3n) is 5.82. The number of benzene rings is 1. The van der Waals surface area contributed by atoms with E-state index < -0.39 is 0 Å². The molecule has 3 rings (SSSR count). The Morgan fingerprint density at radius 1 is 1.23 bits per heavy atom. The normalized spacial score (nSPS) is 16.2. The van der Waals surface area contributed by atoms with Crippen LogP contribution in [0.3, 0.4) is 0 Å². The Hall–Kier alpha value is -2.95. The van der Waals surface area contributed by atoms with Crippen molar-refractivity contribution in [2.45, 2.75) is 32.1 Å².